The van der Waals surface area contributed by atoms with Gasteiger partial charge in [-0.3, -0.25) is 0 Å². The molecule has 27 heavy (non-hydrogen) atoms. The molecule has 142 valence electrons. The number of hydrogen-bond acceptors (Lipinski definition) is 2. The lowest BCUT2D eigenvalue weighted by atomic mass is 9.48. The molecule has 3 nitrogen and oxygen atoms in total. The first-order chi connectivity index (χ1) is 13.2. The van der Waals surface area contributed by atoms with Crippen LogP contribution in [0.25, 0.3) is 5.69 Å². The summed E-state index contributed by atoms with van der Waals surface area (Å²) in [6.07, 6.45) is 12.4. The van der Waals surface area contributed by atoms with Gasteiger partial charge in [0.1, 0.15) is 5.82 Å². The molecule has 0 amide bonds. The van der Waals surface area contributed by atoms with Crippen molar-refractivity contribution in [2.75, 3.05) is 11.9 Å². The van der Waals surface area contributed by atoms with Gasteiger partial charge in [-0.1, -0.05) is 18.2 Å². The van der Waals surface area contributed by atoms with Gasteiger partial charge >= 0.3 is 0 Å². The summed E-state index contributed by atoms with van der Waals surface area (Å²) in [5, 5.41) is 9.18. The van der Waals surface area contributed by atoms with Crippen molar-refractivity contribution < 1.29 is 0 Å². The van der Waals surface area contributed by atoms with E-state index in [1.54, 1.807) is 5.56 Å². The lowest BCUT2D eigenvalue weighted by Gasteiger charge is -2.56. The predicted octanol–water partition coefficient (Wildman–Crippen LogP) is 5.40. The molecule has 3 heteroatoms. The molecule has 2 heterocycles. The van der Waals surface area contributed by atoms with Crippen LogP contribution in [0.4, 0.5) is 5.82 Å². The van der Waals surface area contributed by atoms with Crippen molar-refractivity contribution in [3.63, 3.8) is 0 Å². The van der Waals surface area contributed by atoms with Crippen LogP contribution in [0.15, 0.2) is 24.3 Å². The van der Waals surface area contributed by atoms with Crippen LogP contribution in [0.2, 0.25) is 0 Å². The van der Waals surface area contributed by atoms with E-state index >= 15 is 0 Å². The van der Waals surface area contributed by atoms with Crippen molar-refractivity contribution in [2.24, 2.45) is 17.8 Å². The van der Waals surface area contributed by atoms with E-state index in [0.29, 0.717) is 5.41 Å². The van der Waals surface area contributed by atoms with Gasteiger partial charge in [0.2, 0.25) is 0 Å². The van der Waals surface area contributed by atoms with Gasteiger partial charge in [-0.2, -0.15) is 5.10 Å². The molecule has 1 aromatic carbocycles. The summed E-state index contributed by atoms with van der Waals surface area (Å²) in [7, 11) is 0. The minimum Gasteiger partial charge on any atom is -0.370 e. The molecule has 1 N–H and O–H groups in total. The number of hydrogen-bond donors (Lipinski definition) is 1. The first-order valence-electron chi connectivity index (χ1n) is 11.1. The molecule has 0 unspecified atom stereocenters. The zero-order valence-corrected chi connectivity index (χ0v) is 16.5. The molecule has 2 aromatic rings. The molecule has 4 saturated carbocycles. The summed E-state index contributed by atoms with van der Waals surface area (Å²) in [5.41, 5.74) is 5.97. The number of aromatic nitrogens is 2. The predicted molar refractivity (Wildman–Crippen MR) is 110 cm³/mol. The number of benzene rings is 1. The third-order valence-corrected chi connectivity index (χ3v) is 8.01. The first-order valence-corrected chi connectivity index (χ1v) is 11.1. The Hall–Kier alpha value is -1.77. The van der Waals surface area contributed by atoms with E-state index in [4.69, 9.17) is 5.10 Å². The van der Waals surface area contributed by atoms with Gasteiger partial charge in [0, 0.05) is 17.5 Å². The van der Waals surface area contributed by atoms with Crippen molar-refractivity contribution in [1.29, 1.82) is 0 Å². The maximum Gasteiger partial charge on any atom is 0.133 e. The topological polar surface area (TPSA) is 29.9 Å². The van der Waals surface area contributed by atoms with Gasteiger partial charge in [0.05, 0.1) is 11.4 Å². The first kappa shape index (κ1) is 16.2. The van der Waals surface area contributed by atoms with Crippen LogP contribution < -0.4 is 5.32 Å². The summed E-state index contributed by atoms with van der Waals surface area (Å²) in [4.78, 5) is 0. The fourth-order valence-electron chi connectivity index (χ4n) is 7.30. The average molecular weight is 362 g/mol. The number of aryl methyl sites for hydroxylation is 1. The standard InChI is InChI=1S/C24H31N3/c1-16-6-2-3-8-21(16)27-23-20(7-4-5-9-25-23)22(26-27)24-13-17-10-18(14-24)12-19(11-17)15-24/h2-3,6,8,17-19,25H,4-5,7,9-15H2,1H3. The lowest BCUT2D eigenvalue weighted by molar-refractivity contribution is -0.00773. The van der Waals surface area contributed by atoms with E-state index in [0.717, 1.165) is 24.3 Å². The minimum absolute atomic E-state index is 0.374. The van der Waals surface area contributed by atoms with E-state index in [-0.39, 0.29) is 0 Å². The Balaban J connectivity index is 1.53. The summed E-state index contributed by atoms with van der Waals surface area (Å²) in [5.74, 6) is 4.20. The van der Waals surface area contributed by atoms with Crippen molar-refractivity contribution in [2.45, 2.75) is 70.1 Å². The Labute approximate surface area is 162 Å². The highest BCUT2D eigenvalue weighted by atomic mass is 15.3. The van der Waals surface area contributed by atoms with Crippen molar-refractivity contribution in [1.82, 2.24) is 9.78 Å². The zero-order chi connectivity index (χ0) is 18.0. The molecule has 0 saturated heterocycles. The highest BCUT2D eigenvalue weighted by Gasteiger charge is 2.53. The molecule has 0 spiro atoms. The molecular weight excluding hydrogens is 330 g/mol. The Bertz CT molecular complexity index is 842. The van der Waals surface area contributed by atoms with E-state index in [9.17, 15) is 0 Å². The largest absolute Gasteiger partial charge is 0.370 e. The fourth-order valence-corrected chi connectivity index (χ4v) is 7.30. The zero-order valence-electron chi connectivity index (χ0n) is 16.5. The molecule has 4 fully saturated rings. The minimum atomic E-state index is 0.374. The van der Waals surface area contributed by atoms with Crippen molar-refractivity contribution in [3.8, 4) is 5.69 Å². The second-order valence-electron chi connectivity index (χ2n) is 9.96. The maximum atomic E-state index is 5.41. The van der Waals surface area contributed by atoms with Crippen LogP contribution in [0.1, 0.15) is 68.2 Å². The molecular formula is C24H31N3. The number of rotatable bonds is 2. The number of anilines is 1. The second-order valence-corrected chi connectivity index (χ2v) is 9.96. The van der Waals surface area contributed by atoms with Crippen LogP contribution in [-0.2, 0) is 11.8 Å². The number of nitrogens with zero attached hydrogens (tertiary/aromatic N) is 2. The number of fused-ring (bicyclic) bond motifs is 1. The van der Waals surface area contributed by atoms with Crippen molar-refractivity contribution in [3.05, 3.63) is 41.1 Å². The Morgan fingerprint density at radius 2 is 1.70 bits per heavy atom. The van der Waals surface area contributed by atoms with Gasteiger partial charge in [0.15, 0.2) is 0 Å². The molecule has 1 aromatic heterocycles. The summed E-state index contributed by atoms with van der Waals surface area (Å²) >= 11 is 0. The molecule has 7 rings (SSSR count). The normalized spacial score (nSPS) is 34.2. The van der Waals surface area contributed by atoms with Crippen LogP contribution in [0.5, 0.6) is 0 Å². The Morgan fingerprint density at radius 1 is 1.00 bits per heavy atom. The number of nitrogens with one attached hydrogen (secondary N) is 1. The highest BCUT2D eigenvalue weighted by molar-refractivity contribution is 5.57. The third-order valence-electron chi connectivity index (χ3n) is 8.01. The average Bonchev–Trinajstić information content (AvgIpc) is 2.84. The van der Waals surface area contributed by atoms with Gasteiger partial charge in [0.25, 0.3) is 0 Å². The summed E-state index contributed by atoms with van der Waals surface area (Å²) < 4.78 is 2.27. The van der Waals surface area contributed by atoms with Gasteiger partial charge < -0.3 is 5.32 Å². The third kappa shape index (κ3) is 2.43. The highest BCUT2D eigenvalue weighted by Crippen LogP contribution is 2.61. The van der Waals surface area contributed by atoms with E-state index in [1.807, 2.05) is 0 Å². The summed E-state index contributed by atoms with van der Waals surface area (Å²) in [6, 6.07) is 8.73. The van der Waals surface area contributed by atoms with Crippen LogP contribution in [0.3, 0.4) is 0 Å². The fraction of sp³-hybridized carbons (Fsp3) is 0.625. The molecule has 5 aliphatic rings. The van der Waals surface area contributed by atoms with Gasteiger partial charge in [-0.25, -0.2) is 4.68 Å². The molecule has 0 atom stereocenters. The van der Waals surface area contributed by atoms with Gasteiger partial charge in [-0.05, 0) is 94.1 Å². The van der Waals surface area contributed by atoms with Gasteiger partial charge in [-0.15, -0.1) is 0 Å². The lowest BCUT2D eigenvalue weighted by Crippen LogP contribution is -2.49. The van der Waals surface area contributed by atoms with Crippen molar-refractivity contribution >= 4 is 5.82 Å². The quantitative estimate of drug-likeness (QED) is 0.776. The van der Waals surface area contributed by atoms with Crippen LogP contribution >= 0.6 is 0 Å². The monoisotopic (exact) mass is 361 g/mol. The SMILES string of the molecule is Cc1ccccc1-n1nc(C23CC4CC(CC(C4)C2)C3)c2c1NCCCC2. The maximum absolute atomic E-state index is 5.41. The Kier molecular flexibility index (Phi) is 3.52. The number of para-hydroxylation sites is 1. The van der Waals surface area contributed by atoms with E-state index in [2.05, 4.69) is 41.2 Å². The van der Waals surface area contributed by atoms with Crippen LogP contribution in [0, 0.1) is 24.7 Å². The van der Waals surface area contributed by atoms with E-state index < -0.39 is 0 Å². The molecule has 4 bridgehead atoms. The second kappa shape index (κ2) is 5.86. The van der Waals surface area contributed by atoms with Crippen LogP contribution in [-0.4, -0.2) is 16.3 Å². The molecule has 4 aliphatic carbocycles. The smallest absolute Gasteiger partial charge is 0.133 e. The summed E-state index contributed by atoms with van der Waals surface area (Å²) in [6.45, 7) is 3.29. The Morgan fingerprint density at radius 3 is 2.41 bits per heavy atom. The molecule has 0 radical (unpaired) electrons. The molecule has 1 aliphatic heterocycles. The van der Waals surface area contributed by atoms with E-state index in [1.165, 1.54) is 80.6 Å².